The summed E-state index contributed by atoms with van der Waals surface area (Å²) in [5.41, 5.74) is 0. The van der Waals surface area contributed by atoms with E-state index < -0.39 is 0 Å². The third-order valence-corrected chi connectivity index (χ3v) is 1.34. The van der Waals surface area contributed by atoms with Gasteiger partial charge in [0.2, 0.25) is 7.26 Å². The van der Waals surface area contributed by atoms with E-state index in [4.69, 9.17) is 0 Å². The van der Waals surface area contributed by atoms with Crippen molar-refractivity contribution in [3.63, 3.8) is 0 Å². The highest BCUT2D eigenvalue weighted by Crippen LogP contribution is 1.81. The summed E-state index contributed by atoms with van der Waals surface area (Å²) >= 11 is 4.14. The van der Waals surface area contributed by atoms with E-state index in [1.165, 1.54) is 19.6 Å². The Morgan fingerprint density at radius 2 is 1.22 bits per heavy atom. The van der Waals surface area contributed by atoms with Gasteiger partial charge in [-0.25, -0.2) is 11.5 Å². The van der Waals surface area contributed by atoms with Crippen LogP contribution in [0.4, 0.5) is 0 Å². The molecule has 0 amide bonds. The number of hydrogen-bond donors (Lipinski definition) is 0. The molecule has 3 heteroatoms. The molecule has 0 rings (SSSR count). The summed E-state index contributed by atoms with van der Waals surface area (Å²) in [5.74, 6) is 0. The number of halogens is 1. The minimum absolute atomic E-state index is 1.19. The first-order valence-electron chi connectivity index (χ1n) is 3.29. The van der Waals surface area contributed by atoms with Crippen LogP contribution in [-0.4, -0.2) is 31.8 Å². The second-order valence-electron chi connectivity index (χ2n) is 1.62. The first-order chi connectivity index (χ1) is 4.35. The maximum atomic E-state index is 4.14. The molecule has 0 aromatic heterocycles. The van der Waals surface area contributed by atoms with Crippen molar-refractivity contribution in [1.29, 1.82) is 0 Å². The molecule has 0 aromatic rings. The summed E-state index contributed by atoms with van der Waals surface area (Å²) in [7, 11) is 3.97. The van der Waals surface area contributed by atoms with Gasteiger partial charge in [-0.05, 0) is 19.6 Å². The Labute approximate surface area is 64.7 Å². The lowest BCUT2D eigenvalue weighted by atomic mass is 10.5. The van der Waals surface area contributed by atoms with Gasteiger partial charge in [0.25, 0.3) is 0 Å². The zero-order valence-corrected chi connectivity index (χ0v) is 7.28. The maximum Gasteiger partial charge on any atom is 0.214 e. The van der Waals surface area contributed by atoms with Crippen molar-refractivity contribution in [1.82, 2.24) is 4.90 Å². The van der Waals surface area contributed by atoms with Crippen LogP contribution in [0.5, 0.6) is 0 Å². The Morgan fingerprint density at radius 3 is 1.22 bits per heavy atom. The van der Waals surface area contributed by atoms with Gasteiger partial charge in [0, 0.05) is 0 Å². The van der Waals surface area contributed by atoms with Crippen molar-refractivity contribution in [2.75, 3.05) is 19.6 Å². The Morgan fingerprint density at radius 1 is 1.00 bits per heavy atom. The molecule has 0 saturated carbocycles. The standard InChI is InChI=1S/C6H15N.BCl/c1-4-7(5-2)6-3;1-2/h4-6H2,1-3H3;. The molecular formula is C6H15BClN. The van der Waals surface area contributed by atoms with Gasteiger partial charge in [-0.3, -0.25) is 0 Å². The Kier molecular flexibility index (Phi) is 14.9. The molecule has 0 atom stereocenters. The predicted octanol–water partition coefficient (Wildman–Crippen LogP) is 1.66. The van der Waals surface area contributed by atoms with E-state index in [1.54, 1.807) is 0 Å². The zero-order chi connectivity index (χ0) is 7.70. The molecule has 0 heterocycles. The molecule has 54 valence electrons. The lowest BCUT2D eigenvalue weighted by Gasteiger charge is -2.13. The fourth-order valence-electron chi connectivity index (χ4n) is 0.671. The van der Waals surface area contributed by atoms with Crippen molar-refractivity contribution in [3.05, 3.63) is 0 Å². The van der Waals surface area contributed by atoms with Gasteiger partial charge >= 0.3 is 0 Å². The summed E-state index contributed by atoms with van der Waals surface area (Å²) < 4.78 is 0. The molecule has 0 fully saturated rings. The van der Waals surface area contributed by atoms with E-state index in [0.717, 1.165) is 0 Å². The van der Waals surface area contributed by atoms with Gasteiger partial charge in [-0.1, -0.05) is 20.8 Å². The third kappa shape index (κ3) is 8.31. The van der Waals surface area contributed by atoms with Crippen LogP contribution >= 0.6 is 11.5 Å². The summed E-state index contributed by atoms with van der Waals surface area (Å²) in [6.45, 7) is 10.1. The lowest BCUT2D eigenvalue weighted by molar-refractivity contribution is 0.321. The fraction of sp³-hybridized carbons (Fsp3) is 1.00. The highest BCUT2D eigenvalue weighted by Gasteiger charge is 1.89. The number of nitrogens with zero attached hydrogens (tertiary/aromatic N) is 1. The first kappa shape index (κ1) is 12.0. The largest absolute Gasteiger partial charge is 0.304 e. The summed E-state index contributed by atoms with van der Waals surface area (Å²) in [6, 6.07) is 0. The molecule has 0 aliphatic heterocycles. The molecular weight excluding hydrogens is 132 g/mol. The quantitative estimate of drug-likeness (QED) is 0.549. The molecule has 0 N–H and O–H groups in total. The maximum absolute atomic E-state index is 4.14. The van der Waals surface area contributed by atoms with Crippen molar-refractivity contribution >= 4 is 18.7 Å². The van der Waals surface area contributed by atoms with Crippen LogP contribution in [0.3, 0.4) is 0 Å². The molecule has 2 radical (unpaired) electrons. The predicted molar refractivity (Wildman–Crippen MR) is 45.1 cm³/mol. The molecule has 0 spiro atoms. The normalized spacial score (nSPS) is 8.56. The number of rotatable bonds is 3. The molecule has 0 bridgehead atoms. The second kappa shape index (κ2) is 11.2. The molecule has 0 unspecified atom stereocenters. The summed E-state index contributed by atoms with van der Waals surface area (Å²) in [5, 5.41) is 0. The van der Waals surface area contributed by atoms with Crippen LogP contribution in [0, 0.1) is 0 Å². The average Bonchev–Trinajstić information content (AvgIpc) is 1.96. The van der Waals surface area contributed by atoms with E-state index in [1.807, 2.05) is 0 Å². The Hall–Kier alpha value is 0.315. The van der Waals surface area contributed by atoms with Crippen molar-refractivity contribution in [2.24, 2.45) is 0 Å². The van der Waals surface area contributed by atoms with Crippen LogP contribution in [0.1, 0.15) is 20.8 Å². The monoisotopic (exact) mass is 147 g/mol. The Balaban J connectivity index is 0. The molecule has 0 aliphatic rings. The van der Waals surface area contributed by atoms with E-state index in [0.29, 0.717) is 0 Å². The summed E-state index contributed by atoms with van der Waals surface area (Å²) in [4.78, 5) is 2.38. The van der Waals surface area contributed by atoms with Gasteiger partial charge in [0.15, 0.2) is 0 Å². The average molecular weight is 147 g/mol. The van der Waals surface area contributed by atoms with Gasteiger partial charge in [-0.15, -0.1) is 0 Å². The zero-order valence-electron chi connectivity index (χ0n) is 6.52. The minimum Gasteiger partial charge on any atom is -0.304 e. The third-order valence-electron chi connectivity index (χ3n) is 1.34. The molecule has 0 aliphatic carbocycles. The van der Waals surface area contributed by atoms with Gasteiger partial charge in [-0.2, -0.15) is 0 Å². The van der Waals surface area contributed by atoms with E-state index in [2.05, 4.69) is 44.4 Å². The van der Waals surface area contributed by atoms with E-state index in [-0.39, 0.29) is 0 Å². The van der Waals surface area contributed by atoms with Crippen molar-refractivity contribution < 1.29 is 0 Å². The topological polar surface area (TPSA) is 3.24 Å². The van der Waals surface area contributed by atoms with Crippen LogP contribution in [0.25, 0.3) is 0 Å². The molecule has 0 saturated heterocycles. The summed E-state index contributed by atoms with van der Waals surface area (Å²) in [6.07, 6.45) is 0. The first-order valence-corrected chi connectivity index (χ1v) is 3.72. The Bertz CT molecular complexity index is 34.5. The van der Waals surface area contributed by atoms with Crippen molar-refractivity contribution in [3.8, 4) is 0 Å². The van der Waals surface area contributed by atoms with Crippen LogP contribution in [0.15, 0.2) is 0 Å². The SMILES string of the molecule is CCN(CC)CC.[B]Cl. The highest BCUT2D eigenvalue weighted by atomic mass is 35.5. The van der Waals surface area contributed by atoms with E-state index in [9.17, 15) is 0 Å². The van der Waals surface area contributed by atoms with Gasteiger partial charge in [0.1, 0.15) is 0 Å². The second-order valence-corrected chi connectivity index (χ2v) is 1.62. The minimum atomic E-state index is 1.19. The van der Waals surface area contributed by atoms with Crippen LogP contribution in [0.2, 0.25) is 0 Å². The smallest absolute Gasteiger partial charge is 0.214 e. The molecule has 1 nitrogen and oxygen atoms in total. The van der Waals surface area contributed by atoms with Gasteiger partial charge < -0.3 is 4.90 Å². The van der Waals surface area contributed by atoms with Gasteiger partial charge in [0.05, 0.1) is 0 Å². The van der Waals surface area contributed by atoms with Crippen LogP contribution in [-0.2, 0) is 0 Å². The highest BCUT2D eigenvalue weighted by molar-refractivity contribution is 6.80. The number of hydrogen-bond acceptors (Lipinski definition) is 1. The molecule has 9 heavy (non-hydrogen) atoms. The lowest BCUT2D eigenvalue weighted by Crippen LogP contribution is -2.21. The fourth-order valence-corrected chi connectivity index (χ4v) is 0.671. The van der Waals surface area contributed by atoms with E-state index >= 15 is 0 Å². The van der Waals surface area contributed by atoms with Crippen LogP contribution < -0.4 is 0 Å². The van der Waals surface area contributed by atoms with Crippen molar-refractivity contribution in [2.45, 2.75) is 20.8 Å². The molecule has 0 aromatic carbocycles.